The lowest BCUT2D eigenvalue weighted by Gasteiger charge is -2.22. The molecular formula is C20H31N5. The highest BCUT2D eigenvalue weighted by molar-refractivity contribution is 5.79. The van der Waals surface area contributed by atoms with Crippen LogP contribution in [0.3, 0.4) is 0 Å². The van der Waals surface area contributed by atoms with E-state index >= 15 is 0 Å². The van der Waals surface area contributed by atoms with Gasteiger partial charge in [-0.05, 0) is 36.9 Å². The molecule has 0 saturated carbocycles. The summed E-state index contributed by atoms with van der Waals surface area (Å²) in [6, 6.07) is 12.9. The highest BCUT2D eigenvalue weighted by Gasteiger charge is 2.08. The van der Waals surface area contributed by atoms with Gasteiger partial charge in [0.15, 0.2) is 5.96 Å². The second-order valence-corrected chi connectivity index (χ2v) is 6.52. The second kappa shape index (κ2) is 9.28. The first kappa shape index (κ1) is 19.1. The zero-order chi connectivity index (χ0) is 18.2. The predicted octanol–water partition coefficient (Wildman–Crippen LogP) is 2.68. The van der Waals surface area contributed by atoms with Crippen molar-refractivity contribution in [3.05, 3.63) is 59.4 Å². The smallest absolute Gasteiger partial charge is 0.194 e. The molecule has 0 unspecified atom stereocenters. The minimum atomic E-state index is 0.772. The summed E-state index contributed by atoms with van der Waals surface area (Å²) in [6.45, 7) is 5.81. The molecule has 5 heteroatoms. The Labute approximate surface area is 152 Å². The van der Waals surface area contributed by atoms with Gasteiger partial charge in [0.2, 0.25) is 0 Å². The van der Waals surface area contributed by atoms with E-state index in [4.69, 9.17) is 0 Å². The standard InChI is InChI=1S/C20H31N5/c1-6-23(3)15-18-10-7-9-17(13-18)14-22-20(21-2)25(5)16-19-11-8-12-24(19)4/h7-13H,6,14-16H2,1-5H3,(H,21,22). The topological polar surface area (TPSA) is 35.8 Å². The number of aryl methyl sites for hydroxylation is 1. The van der Waals surface area contributed by atoms with Gasteiger partial charge < -0.3 is 19.7 Å². The number of hydrogen-bond donors (Lipinski definition) is 1. The van der Waals surface area contributed by atoms with Gasteiger partial charge in [-0.1, -0.05) is 31.2 Å². The molecule has 0 bridgehead atoms. The molecule has 2 rings (SSSR count). The first-order valence-corrected chi connectivity index (χ1v) is 8.81. The molecule has 0 aliphatic heterocycles. The number of aromatic nitrogens is 1. The summed E-state index contributed by atoms with van der Waals surface area (Å²) in [6.07, 6.45) is 2.07. The third-order valence-corrected chi connectivity index (χ3v) is 4.46. The molecule has 0 saturated heterocycles. The van der Waals surface area contributed by atoms with Gasteiger partial charge in [-0.25, -0.2) is 0 Å². The molecule has 0 aliphatic rings. The Hall–Kier alpha value is -2.27. The van der Waals surface area contributed by atoms with Crippen LogP contribution in [0.1, 0.15) is 23.7 Å². The van der Waals surface area contributed by atoms with E-state index in [1.165, 1.54) is 16.8 Å². The summed E-state index contributed by atoms with van der Waals surface area (Å²) in [5.74, 6) is 0.900. The molecule has 0 spiro atoms. The fourth-order valence-corrected chi connectivity index (χ4v) is 2.81. The van der Waals surface area contributed by atoms with E-state index in [0.717, 1.165) is 32.1 Å². The number of hydrogen-bond acceptors (Lipinski definition) is 2. The monoisotopic (exact) mass is 341 g/mol. The molecular weight excluding hydrogens is 310 g/mol. The van der Waals surface area contributed by atoms with Crippen LogP contribution in [0.15, 0.2) is 47.6 Å². The molecule has 1 aromatic carbocycles. The Morgan fingerprint density at radius 2 is 1.88 bits per heavy atom. The van der Waals surface area contributed by atoms with E-state index in [1.54, 1.807) is 0 Å². The van der Waals surface area contributed by atoms with Crippen molar-refractivity contribution in [3.8, 4) is 0 Å². The quantitative estimate of drug-likeness (QED) is 0.621. The maximum Gasteiger partial charge on any atom is 0.194 e. The van der Waals surface area contributed by atoms with Gasteiger partial charge in [0.25, 0.3) is 0 Å². The molecule has 0 amide bonds. The number of benzene rings is 1. The molecule has 0 radical (unpaired) electrons. The minimum Gasteiger partial charge on any atom is -0.353 e. The van der Waals surface area contributed by atoms with Crippen molar-refractivity contribution < 1.29 is 0 Å². The summed E-state index contributed by atoms with van der Waals surface area (Å²) in [4.78, 5) is 8.86. The lowest BCUT2D eigenvalue weighted by Crippen LogP contribution is -2.38. The lowest BCUT2D eigenvalue weighted by atomic mass is 10.1. The third kappa shape index (κ3) is 5.64. The minimum absolute atomic E-state index is 0.772. The number of nitrogens with zero attached hydrogens (tertiary/aromatic N) is 4. The van der Waals surface area contributed by atoms with Crippen molar-refractivity contribution in [2.75, 3.05) is 27.7 Å². The summed E-state index contributed by atoms with van der Waals surface area (Å²) >= 11 is 0. The van der Waals surface area contributed by atoms with E-state index in [1.807, 2.05) is 7.05 Å². The Bertz CT molecular complexity index is 689. The highest BCUT2D eigenvalue weighted by atomic mass is 15.3. The van der Waals surface area contributed by atoms with E-state index in [2.05, 4.69) is 95.3 Å². The normalized spacial score (nSPS) is 11.8. The van der Waals surface area contributed by atoms with E-state index in [0.29, 0.717) is 0 Å². The van der Waals surface area contributed by atoms with Crippen LogP contribution in [0.2, 0.25) is 0 Å². The Balaban J connectivity index is 1.94. The zero-order valence-corrected chi connectivity index (χ0v) is 16.2. The van der Waals surface area contributed by atoms with Crippen LogP contribution >= 0.6 is 0 Å². The molecule has 1 heterocycles. The van der Waals surface area contributed by atoms with Gasteiger partial charge in [-0.2, -0.15) is 0 Å². The van der Waals surface area contributed by atoms with E-state index in [9.17, 15) is 0 Å². The van der Waals surface area contributed by atoms with Crippen LogP contribution in [0.4, 0.5) is 0 Å². The number of rotatable bonds is 7. The van der Waals surface area contributed by atoms with Gasteiger partial charge in [0.05, 0.1) is 6.54 Å². The maximum absolute atomic E-state index is 4.41. The lowest BCUT2D eigenvalue weighted by molar-refractivity contribution is 0.345. The molecule has 0 fully saturated rings. The van der Waals surface area contributed by atoms with Crippen LogP contribution in [0, 0.1) is 0 Å². The fourth-order valence-electron chi connectivity index (χ4n) is 2.81. The average molecular weight is 342 g/mol. The van der Waals surface area contributed by atoms with Crippen LogP contribution in [-0.2, 0) is 26.7 Å². The van der Waals surface area contributed by atoms with Crippen molar-refractivity contribution >= 4 is 5.96 Å². The molecule has 2 aromatic rings. The Kier molecular flexibility index (Phi) is 7.07. The molecule has 1 N–H and O–H groups in total. The van der Waals surface area contributed by atoms with Gasteiger partial charge in [-0.15, -0.1) is 0 Å². The molecule has 136 valence electrons. The molecule has 25 heavy (non-hydrogen) atoms. The molecule has 1 aromatic heterocycles. The summed E-state index contributed by atoms with van der Waals surface area (Å²) < 4.78 is 2.14. The Morgan fingerprint density at radius 1 is 1.12 bits per heavy atom. The van der Waals surface area contributed by atoms with Gasteiger partial charge in [-0.3, -0.25) is 4.99 Å². The van der Waals surface area contributed by atoms with Gasteiger partial charge in [0, 0.05) is 46.1 Å². The van der Waals surface area contributed by atoms with Crippen LogP contribution in [0.5, 0.6) is 0 Å². The summed E-state index contributed by atoms with van der Waals surface area (Å²) in [5, 5.41) is 3.46. The van der Waals surface area contributed by atoms with Crippen molar-refractivity contribution in [1.29, 1.82) is 0 Å². The van der Waals surface area contributed by atoms with Crippen LogP contribution in [-0.4, -0.2) is 48.0 Å². The highest BCUT2D eigenvalue weighted by Crippen LogP contribution is 2.08. The third-order valence-electron chi connectivity index (χ3n) is 4.46. The summed E-state index contributed by atoms with van der Waals surface area (Å²) in [5.41, 5.74) is 3.88. The first-order chi connectivity index (χ1) is 12.0. The number of nitrogens with one attached hydrogen (secondary N) is 1. The second-order valence-electron chi connectivity index (χ2n) is 6.52. The SMILES string of the molecule is CCN(C)Cc1cccc(CNC(=NC)N(C)Cc2cccn2C)c1. The van der Waals surface area contributed by atoms with Crippen molar-refractivity contribution in [1.82, 2.24) is 19.7 Å². The first-order valence-electron chi connectivity index (χ1n) is 8.81. The summed E-state index contributed by atoms with van der Waals surface area (Å²) in [7, 11) is 8.11. The van der Waals surface area contributed by atoms with Crippen molar-refractivity contribution in [2.45, 2.75) is 26.6 Å². The van der Waals surface area contributed by atoms with Crippen LogP contribution in [0.25, 0.3) is 0 Å². The predicted molar refractivity (Wildman–Crippen MR) is 106 cm³/mol. The molecule has 5 nitrogen and oxygen atoms in total. The number of guanidine groups is 1. The molecule has 0 aliphatic carbocycles. The fraction of sp³-hybridized carbons (Fsp3) is 0.450. The van der Waals surface area contributed by atoms with Gasteiger partial charge >= 0.3 is 0 Å². The van der Waals surface area contributed by atoms with Gasteiger partial charge in [0.1, 0.15) is 0 Å². The largest absolute Gasteiger partial charge is 0.353 e. The zero-order valence-electron chi connectivity index (χ0n) is 16.2. The average Bonchev–Trinajstić information content (AvgIpc) is 3.00. The van der Waals surface area contributed by atoms with E-state index in [-0.39, 0.29) is 0 Å². The number of aliphatic imine (C=N–C) groups is 1. The maximum atomic E-state index is 4.41. The van der Waals surface area contributed by atoms with Crippen molar-refractivity contribution in [2.24, 2.45) is 12.0 Å². The van der Waals surface area contributed by atoms with Crippen LogP contribution < -0.4 is 5.32 Å². The Morgan fingerprint density at radius 3 is 2.52 bits per heavy atom. The van der Waals surface area contributed by atoms with Crippen molar-refractivity contribution in [3.63, 3.8) is 0 Å². The molecule has 0 atom stereocenters. The van der Waals surface area contributed by atoms with E-state index < -0.39 is 0 Å².